The fraction of sp³-hybridized carbons (Fsp3) is 0.333. The van der Waals surface area contributed by atoms with Gasteiger partial charge in [0.2, 0.25) is 5.91 Å². The lowest BCUT2D eigenvalue weighted by Gasteiger charge is -2.15. The predicted molar refractivity (Wildman–Crippen MR) is 59.9 cm³/mol. The van der Waals surface area contributed by atoms with Gasteiger partial charge in [0.1, 0.15) is 0 Å². The van der Waals surface area contributed by atoms with E-state index in [0.717, 1.165) is 12.1 Å². The molecule has 0 spiro atoms. The van der Waals surface area contributed by atoms with Crippen molar-refractivity contribution < 1.29 is 23.1 Å². The van der Waals surface area contributed by atoms with E-state index in [0.29, 0.717) is 5.56 Å². The van der Waals surface area contributed by atoms with Crippen molar-refractivity contribution in [1.82, 2.24) is 0 Å². The molecule has 0 aliphatic carbocycles. The quantitative estimate of drug-likeness (QED) is 0.810. The summed E-state index contributed by atoms with van der Waals surface area (Å²) in [5.74, 6) is -5.84. The highest BCUT2D eigenvalue weighted by atomic mass is 19.3. The van der Waals surface area contributed by atoms with Crippen molar-refractivity contribution in [3.8, 4) is 0 Å². The van der Waals surface area contributed by atoms with Crippen molar-refractivity contribution in [1.29, 1.82) is 0 Å². The van der Waals surface area contributed by atoms with Crippen LogP contribution in [0.25, 0.3) is 0 Å². The van der Waals surface area contributed by atoms with Gasteiger partial charge in [-0.3, -0.25) is 4.79 Å². The molecule has 1 aromatic carbocycles. The molecule has 4 nitrogen and oxygen atoms in total. The molecule has 0 aliphatic rings. The number of hydrogen-bond acceptors (Lipinski definition) is 3. The number of ether oxygens (including phenoxy) is 1. The summed E-state index contributed by atoms with van der Waals surface area (Å²) in [6, 6.07) is 4.81. The van der Waals surface area contributed by atoms with Gasteiger partial charge in [0.25, 0.3) is 0 Å². The van der Waals surface area contributed by atoms with Crippen molar-refractivity contribution in [2.75, 3.05) is 6.61 Å². The standard InChI is InChI=1S/C12H13F2NO3/c1-2-18-11(17)12(13,14)9-5-3-8(4-6-9)7-10(15)16/h3-6H,2,7H2,1H3,(H2,15,16). The van der Waals surface area contributed by atoms with Crippen LogP contribution in [0.1, 0.15) is 18.1 Å². The molecule has 1 aromatic rings. The van der Waals surface area contributed by atoms with Gasteiger partial charge in [-0.25, -0.2) is 4.79 Å². The van der Waals surface area contributed by atoms with Crippen molar-refractivity contribution in [2.45, 2.75) is 19.3 Å². The third kappa shape index (κ3) is 3.26. The molecule has 0 aromatic heterocycles. The molecule has 6 heteroatoms. The van der Waals surface area contributed by atoms with Crippen LogP contribution in [0.3, 0.4) is 0 Å². The van der Waals surface area contributed by atoms with E-state index in [1.54, 1.807) is 0 Å². The minimum Gasteiger partial charge on any atom is -0.461 e. The summed E-state index contributed by atoms with van der Waals surface area (Å²) in [7, 11) is 0. The highest BCUT2D eigenvalue weighted by Crippen LogP contribution is 2.29. The van der Waals surface area contributed by atoms with E-state index in [1.165, 1.54) is 19.1 Å². The van der Waals surface area contributed by atoms with Gasteiger partial charge in [-0.05, 0) is 12.5 Å². The number of alkyl halides is 2. The number of benzene rings is 1. The van der Waals surface area contributed by atoms with E-state index in [2.05, 4.69) is 4.74 Å². The maximum atomic E-state index is 13.6. The fourth-order valence-corrected chi connectivity index (χ4v) is 1.37. The number of halogens is 2. The zero-order valence-corrected chi connectivity index (χ0v) is 9.78. The summed E-state index contributed by atoms with van der Waals surface area (Å²) < 4.78 is 31.4. The number of amides is 1. The molecular formula is C12H13F2NO3. The van der Waals surface area contributed by atoms with Gasteiger partial charge in [-0.15, -0.1) is 0 Å². The lowest BCUT2D eigenvalue weighted by molar-refractivity contribution is -0.173. The van der Waals surface area contributed by atoms with Crippen LogP contribution in [-0.4, -0.2) is 18.5 Å². The first kappa shape index (κ1) is 14.1. The van der Waals surface area contributed by atoms with Crippen LogP contribution in [0.4, 0.5) is 8.78 Å². The minimum absolute atomic E-state index is 0.0365. The SMILES string of the molecule is CCOC(=O)C(F)(F)c1ccc(CC(N)=O)cc1. The van der Waals surface area contributed by atoms with Crippen LogP contribution in [0, 0.1) is 0 Å². The highest BCUT2D eigenvalue weighted by Gasteiger charge is 2.42. The summed E-state index contributed by atoms with van der Waals surface area (Å²) in [6.45, 7) is 1.33. The smallest absolute Gasteiger partial charge is 0.381 e. The molecule has 18 heavy (non-hydrogen) atoms. The zero-order valence-electron chi connectivity index (χ0n) is 9.78. The lowest BCUT2D eigenvalue weighted by Crippen LogP contribution is -2.28. The number of carbonyl (C=O) groups is 2. The van der Waals surface area contributed by atoms with Crippen LogP contribution in [0.5, 0.6) is 0 Å². The summed E-state index contributed by atoms with van der Waals surface area (Å²) >= 11 is 0. The Bertz CT molecular complexity index is 443. The van der Waals surface area contributed by atoms with Gasteiger partial charge in [0.15, 0.2) is 0 Å². The fourth-order valence-electron chi connectivity index (χ4n) is 1.37. The van der Waals surface area contributed by atoms with E-state index >= 15 is 0 Å². The van der Waals surface area contributed by atoms with Gasteiger partial charge in [0, 0.05) is 5.56 Å². The number of nitrogens with two attached hydrogens (primary N) is 1. The van der Waals surface area contributed by atoms with Gasteiger partial charge >= 0.3 is 11.9 Å². The second-order valence-electron chi connectivity index (χ2n) is 3.63. The molecule has 2 N–H and O–H groups in total. The zero-order chi connectivity index (χ0) is 13.8. The highest BCUT2D eigenvalue weighted by molar-refractivity contribution is 5.79. The van der Waals surface area contributed by atoms with Crippen LogP contribution in [0.2, 0.25) is 0 Å². The molecule has 0 heterocycles. The monoisotopic (exact) mass is 257 g/mol. The maximum Gasteiger partial charge on any atom is 0.381 e. The topological polar surface area (TPSA) is 69.4 Å². The molecular weight excluding hydrogens is 244 g/mol. The van der Waals surface area contributed by atoms with Crippen LogP contribution in [0.15, 0.2) is 24.3 Å². The van der Waals surface area contributed by atoms with E-state index in [4.69, 9.17) is 5.73 Å². The van der Waals surface area contributed by atoms with Crippen molar-refractivity contribution in [3.63, 3.8) is 0 Å². The third-order valence-electron chi connectivity index (χ3n) is 2.23. The van der Waals surface area contributed by atoms with Gasteiger partial charge in [-0.2, -0.15) is 8.78 Å². The Morgan fingerprint density at radius 1 is 1.28 bits per heavy atom. The summed E-state index contributed by atoms with van der Waals surface area (Å²) in [4.78, 5) is 21.7. The molecule has 1 rings (SSSR count). The average Bonchev–Trinajstić information content (AvgIpc) is 2.29. The number of rotatable bonds is 5. The molecule has 0 fully saturated rings. The number of hydrogen-bond donors (Lipinski definition) is 1. The normalized spacial score (nSPS) is 11.1. The molecule has 0 radical (unpaired) electrons. The number of esters is 1. The first-order chi connectivity index (χ1) is 8.37. The number of carbonyl (C=O) groups excluding carboxylic acids is 2. The molecule has 0 atom stereocenters. The van der Waals surface area contributed by atoms with E-state index in [-0.39, 0.29) is 13.0 Å². The van der Waals surface area contributed by atoms with Gasteiger partial charge in [0.05, 0.1) is 13.0 Å². The second kappa shape index (κ2) is 5.57. The third-order valence-corrected chi connectivity index (χ3v) is 2.23. The second-order valence-corrected chi connectivity index (χ2v) is 3.63. The van der Waals surface area contributed by atoms with Crippen molar-refractivity contribution >= 4 is 11.9 Å². The summed E-state index contributed by atoms with van der Waals surface area (Å²) in [5.41, 5.74) is 5.00. The Labute approximate surface area is 103 Å². The number of primary amides is 1. The van der Waals surface area contributed by atoms with E-state index < -0.39 is 23.4 Å². The maximum absolute atomic E-state index is 13.6. The average molecular weight is 257 g/mol. The van der Waals surface area contributed by atoms with Crippen molar-refractivity contribution in [3.05, 3.63) is 35.4 Å². The first-order valence-electron chi connectivity index (χ1n) is 5.30. The Morgan fingerprint density at radius 2 is 1.83 bits per heavy atom. The largest absolute Gasteiger partial charge is 0.461 e. The van der Waals surface area contributed by atoms with Crippen LogP contribution >= 0.6 is 0 Å². The molecule has 98 valence electrons. The predicted octanol–water partition coefficient (Wildman–Crippen LogP) is 1.37. The minimum atomic E-state index is -3.69. The molecule has 0 aliphatic heterocycles. The van der Waals surface area contributed by atoms with E-state index in [1.807, 2.05) is 0 Å². The summed E-state index contributed by atoms with van der Waals surface area (Å²) in [5, 5.41) is 0. The summed E-state index contributed by atoms with van der Waals surface area (Å²) in [6.07, 6.45) is -0.0365. The van der Waals surface area contributed by atoms with E-state index in [9.17, 15) is 18.4 Å². The molecule has 0 bridgehead atoms. The van der Waals surface area contributed by atoms with Gasteiger partial charge < -0.3 is 10.5 Å². The molecule has 0 saturated heterocycles. The van der Waals surface area contributed by atoms with Crippen molar-refractivity contribution in [2.24, 2.45) is 5.73 Å². The van der Waals surface area contributed by atoms with Crippen LogP contribution in [-0.2, 0) is 26.7 Å². The molecule has 0 unspecified atom stereocenters. The Kier molecular flexibility index (Phi) is 4.36. The molecule has 0 saturated carbocycles. The first-order valence-corrected chi connectivity index (χ1v) is 5.30. The Morgan fingerprint density at radius 3 is 2.28 bits per heavy atom. The van der Waals surface area contributed by atoms with Gasteiger partial charge in [-0.1, -0.05) is 24.3 Å². The molecule has 1 amide bonds. The van der Waals surface area contributed by atoms with Crippen LogP contribution < -0.4 is 5.73 Å². The Balaban J connectivity index is 2.90. The lowest BCUT2D eigenvalue weighted by atomic mass is 10.0. The Hall–Kier alpha value is -1.98.